The minimum Gasteiger partial charge on any atom is -0.443 e. The van der Waals surface area contributed by atoms with Crippen LogP contribution >= 0.6 is 11.3 Å². The first kappa shape index (κ1) is 24.0. The summed E-state index contributed by atoms with van der Waals surface area (Å²) < 4.78 is 45.8. The van der Waals surface area contributed by atoms with Crippen LogP contribution in [0.15, 0.2) is 14.7 Å². The van der Waals surface area contributed by atoms with Crippen molar-refractivity contribution in [2.75, 3.05) is 0 Å². The molecule has 2 aromatic heterocycles. The van der Waals surface area contributed by atoms with Crippen LogP contribution in [0.25, 0.3) is 10.2 Å². The molecule has 176 valence electrons. The molecular weight excluding hydrogens is 449 g/mol. The average molecular weight is 475 g/mol. The molecule has 0 saturated heterocycles. The summed E-state index contributed by atoms with van der Waals surface area (Å²) in [6.45, 7) is 6.14. The maximum Gasteiger partial charge on any atom is 0.428 e. The van der Waals surface area contributed by atoms with Crippen LogP contribution in [0.2, 0.25) is 0 Å². The average Bonchev–Trinajstić information content (AvgIpc) is 2.91. The van der Waals surface area contributed by atoms with E-state index in [1.807, 2.05) is 0 Å². The van der Waals surface area contributed by atoms with Gasteiger partial charge in [-0.3, -0.25) is 13.9 Å². The number of nitrogens with one attached hydrogen (secondary N) is 1. The molecule has 1 aliphatic carbocycles. The lowest BCUT2D eigenvalue weighted by molar-refractivity contribution is -0.136. The van der Waals surface area contributed by atoms with E-state index in [4.69, 9.17) is 4.74 Å². The van der Waals surface area contributed by atoms with Crippen LogP contribution in [0, 0.1) is 6.92 Å². The summed E-state index contributed by atoms with van der Waals surface area (Å²) in [4.78, 5) is 38.4. The van der Waals surface area contributed by atoms with Crippen LogP contribution in [-0.2, 0) is 11.3 Å². The molecular formula is C20H25F3N4O4S. The number of hydrogen-bond donors (Lipinski definition) is 1. The van der Waals surface area contributed by atoms with Crippen molar-refractivity contribution >= 4 is 33.9 Å². The first-order valence-electron chi connectivity index (χ1n) is 10.2. The van der Waals surface area contributed by atoms with Gasteiger partial charge in [0.1, 0.15) is 10.4 Å². The summed E-state index contributed by atoms with van der Waals surface area (Å²) in [5.41, 5.74) is 0.741. The Hall–Kier alpha value is -2.63. The van der Waals surface area contributed by atoms with Gasteiger partial charge in [-0.15, -0.1) is 11.3 Å². The molecule has 0 radical (unpaired) electrons. The molecule has 0 unspecified atom stereocenters. The molecule has 1 aliphatic rings. The molecule has 1 fully saturated rings. The van der Waals surface area contributed by atoms with Gasteiger partial charge in [0.15, 0.2) is 0 Å². The van der Waals surface area contributed by atoms with E-state index < -0.39 is 42.1 Å². The number of nitrogens with zero attached hydrogens (tertiary/aromatic N) is 3. The number of hydrazone groups is 1. The van der Waals surface area contributed by atoms with Crippen molar-refractivity contribution in [3.63, 3.8) is 0 Å². The number of rotatable bonds is 5. The minimum atomic E-state index is -4.45. The lowest BCUT2D eigenvalue weighted by Gasteiger charge is -2.27. The van der Waals surface area contributed by atoms with Gasteiger partial charge in [-0.05, 0) is 52.5 Å². The Bertz CT molecular complexity index is 1170. The first-order valence-corrected chi connectivity index (χ1v) is 11.0. The zero-order valence-electron chi connectivity index (χ0n) is 18.2. The van der Waals surface area contributed by atoms with Crippen molar-refractivity contribution in [1.29, 1.82) is 0 Å². The van der Waals surface area contributed by atoms with Crippen LogP contribution in [0.3, 0.4) is 0 Å². The number of aryl methyl sites for hydroxylation is 2. The molecule has 8 nitrogen and oxygen atoms in total. The summed E-state index contributed by atoms with van der Waals surface area (Å²) in [5.74, 6) is 0. The summed E-state index contributed by atoms with van der Waals surface area (Å²) >= 11 is 0.981. The molecule has 32 heavy (non-hydrogen) atoms. The molecule has 0 aliphatic heterocycles. The molecule has 3 rings (SSSR count). The zero-order valence-corrected chi connectivity index (χ0v) is 19.0. The molecule has 2 heterocycles. The van der Waals surface area contributed by atoms with Gasteiger partial charge in [0.25, 0.3) is 5.56 Å². The molecule has 1 amide bonds. The Morgan fingerprint density at radius 3 is 2.47 bits per heavy atom. The van der Waals surface area contributed by atoms with E-state index in [0.29, 0.717) is 23.3 Å². The molecule has 1 saturated carbocycles. The number of fused-ring (bicyclic) bond motifs is 1. The largest absolute Gasteiger partial charge is 0.443 e. The van der Waals surface area contributed by atoms with Crippen LogP contribution in [0.1, 0.15) is 62.9 Å². The first-order chi connectivity index (χ1) is 14.8. The smallest absolute Gasteiger partial charge is 0.428 e. The van der Waals surface area contributed by atoms with Crippen molar-refractivity contribution in [2.45, 2.75) is 77.7 Å². The summed E-state index contributed by atoms with van der Waals surface area (Å²) in [5, 5.41) is 4.01. The fourth-order valence-corrected chi connectivity index (χ4v) is 4.54. The maximum atomic E-state index is 13.1. The number of alkyl halides is 3. The number of hydrogen-bond acceptors (Lipinski definition) is 6. The van der Waals surface area contributed by atoms with Gasteiger partial charge in [0.05, 0.1) is 22.9 Å². The quantitative estimate of drug-likeness (QED) is 0.522. The van der Waals surface area contributed by atoms with E-state index in [-0.39, 0.29) is 16.3 Å². The van der Waals surface area contributed by atoms with Crippen molar-refractivity contribution in [3.05, 3.63) is 31.3 Å². The lowest BCUT2D eigenvalue weighted by atomic mass is 9.93. The van der Waals surface area contributed by atoms with Gasteiger partial charge >= 0.3 is 18.0 Å². The van der Waals surface area contributed by atoms with Crippen LogP contribution in [0.4, 0.5) is 18.0 Å². The second kappa shape index (κ2) is 8.72. The van der Waals surface area contributed by atoms with Crippen LogP contribution < -0.4 is 16.7 Å². The van der Waals surface area contributed by atoms with Crippen molar-refractivity contribution in [2.24, 2.45) is 5.10 Å². The van der Waals surface area contributed by atoms with Crippen LogP contribution in [-0.4, -0.2) is 33.2 Å². The maximum absolute atomic E-state index is 13.1. The number of ether oxygens (including phenoxy) is 1. The van der Waals surface area contributed by atoms with Crippen LogP contribution in [0.5, 0.6) is 0 Å². The Morgan fingerprint density at radius 2 is 1.94 bits per heavy atom. The van der Waals surface area contributed by atoms with Gasteiger partial charge in [-0.2, -0.15) is 18.3 Å². The van der Waals surface area contributed by atoms with E-state index in [0.717, 1.165) is 26.9 Å². The number of halogens is 3. The third kappa shape index (κ3) is 5.22. The zero-order chi connectivity index (χ0) is 23.8. The third-order valence-corrected chi connectivity index (χ3v) is 6.32. The summed E-state index contributed by atoms with van der Waals surface area (Å²) in [6.07, 6.45) is -3.00. The highest BCUT2D eigenvalue weighted by Gasteiger charge is 2.30. The van der Waals surface area contributed by atoms with E-state index >= 15 is 0 Å². The highest BCUT2D eigenvalue weighted by molar-refractivity contribution is 7.20. The minimum absolute atomic E-state index is 0.163. The SMILES string of the molecule is Cc1c(C=NNC(=O)OC(C)(C)C)sc2c1c(=O)n(C1CCC1)c(=O)n2CCC(F)(F)F. The number of carbonyl (C=O) groups is 1. The van der Waals surface area contributed by atoms with Crippen molar-refractivity contribution in [3.8, 4) is 0 Å². The normalized spacial score (nSPS) is 15.3. The molecule has 0 bridgehead atoms. The van der Waals surface area contributed by atoms with Gasteiger partial charge in [-0.1, -0.05) is 0 Å². The van der Waals surface area contributed by atoms with Crippen molar-refractivity contribution in [1.82, 2.24) is 14.6 Å². The molecule has 12 heteroatoms. The van der Waals surface area contributed by atoms with E-state index in [1.165, 1.54) is 6.21 Å². The second-order valence-electron chi connectivity index (χ2n) is 8.70. The fourth-order valence-electron chi connectivity index (χ4n) is 3.35. The fraction of sp³-hybridized carbons (Fsp3) is 0.600. The highest BCUT2D eigenvalue weighted by Crippen LogP contribution is 2.32. The van der Waals surface area contributed by atoms with E-state index in [9.17, 15) is 27.6 Å². The van der Waals surface area contributed by atoms with E-state index in [2.05, 4.69) is 10.5 Å². The summed E-state index contributed by atoms with van der Waals surface area (Å²) in [7, 11) is 0. The number of thiophene rings is 1. The molecule has 0 atom stereocenters. The Labute approximate surface area is 185 Å². The predicted octanol–water partition coefficient (Wildman–Crippen LogP) is 4.07. The number of amides is 1. The Morgan fingerprint density at radius 1 is 1.28 bits per heavy atom. The van der Waals surface area contributed by atoms with Gasteiger partial charge in [0.2, 0.25) is 0 Å². The third-order valence-electron chi connectivity index (χ3n) is 5.08. The Kier molecular flexibility index (Phi) is 6.55. The number of aromatic nitrogens is 2. The molecule has 0 spiro atoms. The van der Waals surface area contributed by atoms with Gasteiger partial charge in [-0.25, -0.2) is 15.0 Å². The predicted molar refractivity (Wildman–Crippen MR) is 116 cm³/mol. The highest BCUT2D eigenvalue weighted by atomic mass is 32.1. The lowest BCUT2D eigenvalue weighted by Crippen LogP contribution is -2.44. The monoisotopic (exact) mass is 474 g/mol. The number of carbonyl (C=O) groups excluding carboxylic acids is 1. The second-order valence-corrected chi connectivity index (χ2v) is 9.73. The molecule has 2 aromatic rings. The Balaban J connectivity index is 2.04. The standard InChI is InChI=1S/C20H25F3N4O4S/c1-11-13(10-24-25-17(29)31-19(2,3)4)32-16-14(11)15(28)27(12-6-5-7-12)18(30)26(16)9-8-20(21,22)23/h10,12H,5-9H2,1-4H3,(H,25,29). The van der Waals surface area contributed by atoms with Crippen molar-refractivity contribution < 1.29 is 22.7 Å². The van der Waals surface area contributed by atoms with E-state index in [1.54, 1.807) is 27.7 Å². The molecule has 0 aromatic carbocycles. The summed E-state index contributed by atoms with van der Waals surface area (Å²) in [6, 6.07) is -0.304. The molecule has 1 N–H and O–H groups in total. The topological polar surface area (TPSA) is 94.7 Å². The van der Waals surface area contributed by atoms with Gasteiger partial charge < -0.3 is 4.74 Å². The van der Waals surface area contributed by atoms with Gasteiger partial charge in [0, 0.05) is 12.6 Å².